The highest BCUT2D eigenvalue weighted by atomic mass is 79.9. The third-order valence-corrected chi connectivity index (χ3v) is 3.10. The second kappa shape index (κ2) is 6.51. The number of hydrogen-bond acceptors (Lipinski definition) is 3. The molecule has 0 aromatic heterocycles. The van der Waals surface area contributed by atoms with Crippen LogP contribution in [0.3, 0.4) is 0 Å². The summed E-state index contributed by atoms with van der Waals surface area (Å²) < 4.78 is 6.27. The lowest BCUT2D eigenvalue weighted by molar-refractivity contribution is 0.367. The molecule has 0 saturated carbocycles. The highest BCUT2D eigenvalue weighted by Crippen LogP contribution is 2.24. The molecular formula is C12H15BrN2O. The molecule has 0 bridgehead atoms. The Bertz CT molecular complexity index is 387. The fraction of sp³-hybridized carbons (Fsp3) is 0.417. The van der Waals surface area contributed by atoms with Gasteiger partial charge in [0.1, 0.15) is 11.8 Å². The first-order chi connectivity index (χ1) is 7.67. The Morgan fingerprint density at radius 3 is 2.94 bits per heavy atom. The van der Waals surface area contributed by atoms with Crippen LogP contribution in [-0.2, 0) is 6.42 Å². The third-order valence-electron chi connectivity index (χ3n) is 2.33. The number of hydrogen-bond donors (Lipinski definition) is 1. The van der Waals surface area contributed by atoms with Gasteiger partial charge in [-0.3, -0.25) is 0 Å². The molecule has 1 unspecified atom stereocenters. The molecule has 0 aliphatic rings. The van der Waals surface area contributed by atoms with Crippen molar-refractivity contribution >= 4 is 15.9 Å². The molecule has 0 spiro atoms. The van der Waals surface area contributed by atoms with Crippen molar-refractivity contribution in [1.82, 2.24) is 0 Å². The maximum atomic E-state index is 8.43. The average molecular weight is 283 g/mol. The average Bonchev–Trinajstić information content (AvgIpc) is 2.30. The van der Waals surface area contributed by atoms with E-state index in [1.807, 2.05) is 24.3 Å². The minimum absolute atomic E-state index is 0.0703. The summed E-state index contributed by atoms with van der Waals surface area (Å²) in [6, 6.07) is 7.78. The van der Waals surface area contributed by atoms with Crippen molar-refractivity contribution in [2.75, 3.05) is 6.61 Å². The van der Waals surface area contributed by atoms with Crippen molar-refractivity contribution in [2.24, 2.45) is 5.73 Å². The molecule has 1 aromatic rings. The van der Waals surface area contributed by atoms with Crippen LogP contribution in [0.2, 0.25) is 0 Å². The summed E-state index contributed by atoms with van der Waals surface area (Å²) in [4.78, 5) is 0. The summed E-state index contributed by atoms with van der Waals surface area (Å²) in [6.45, 7) is 2.13. The number of ether oxygens (including phenoxy) is 1. The predicted molar refractivity (Wildman–Crippen MR) is 67.2 cm³/mol. The van der Waals surface area contributed by atoms with Gasteiger partial charge in [0.15, 0.2) is 6.61 Å². The molecule has 1 rings (SSSR count). The lowest BCUT2D eigenvalue weighted by Crippen LogP contribution is -2.21. The molecule has 16 heavy (non-hydrogen) atoms. The molecule has 0 aliphatic carbocycles. The molecule has 3 nitrogen and oxygen atoms in total. The Labute approximate surface area is 104 Å². The van der Waals surface area contributed by atoms with Gasteiger partial charge in [-0.25, -0.2) is 0 Å². The minimum Gasteiger partial charge on any atom is -0.479 e. The molecule has 0 saturated heterocycles. The smallest absolute Gasteiger partial charge is 0.174 e. The van der Waals surface area contributed by atoms with E-state index in [2.05, 4.69) is 22.9 Å². The zero-order valence-electron chi connectivity index (χ0n) is 9.24. The van der Waals surface area contributed by atoms with E-state index in [0.29, 0.717) is 5.75 Å². The monoisotopic (exact) mass is 282 g/mol. The van der Waals surface area contributed by atoms with E-state index < -0.39 is 0 Å². The lowest BCUT2D eigenvalue weighted by atomic mass is 10.0. The van der Waals surface area contributed by atoms with Gasteiger partial charge in [-0.2, -0.15) is 5.26 Å². The number of rotatable bonds is 5. The van der Waals surface area contributed by atoms with E-state index in [0.717, 1.165) is 22.9 Å². The quantitative estimate of drug-likeness (QED) is 0.903. The van der Waals surface area contributed by atoms with Crippen molar-refractivity contribution < 1.29 is 4.74 Å². The van der Waals surface area contributed by atoms with Crippen LogP contribution in [0.5, 0.6) is 5.75 Å². The van der Waals surface area contributed by atoms with Crippen LogP contribution in [0.4, 0.5) is 0 Å². The van der Waals surface area contributed by atoms with Gasteiger partial charge < -0.3 is 10.5 Å². The Morgan fingerprint density at radius 2 is 2.31 bits per heavy atom. The lowest BCUT2D eigenvalue weighted by Gasteiger charge is -2.12. The van der Waals surface area contributed by atoms with E-state index in [4.69, 9.17) is 15.7 Å². The molecule has 0 aliphatic heterocycles. The Morgan fingerprint density at radius 1 is 1.56 bits per heavy atom. The van der Waals surface area contributed by atoms with Crippen LogP contribution in [0.15, 0.2) is 22.7 Å². The molecule has 0 fully saturated rings. The van der Waals surface area contributed by atoms with E-state index in [9.17, 15) is 0 Å². The molecule has 1 atom stereocenters. The number of nitrogens with two attached hydrogens (primary N) is 1. The summed E-state index contributed by atoms with van der Waals surface area (Å²) in [5.74, 6) is 0.711. The molecule has 0 amide bonds. The Balaban J connectivity index is 2.78. The van der Waals surface area contributed by atoms with Crippen molar-refractivity contribution in [3.8, 4) is 11.8 Å². The standard InChI is InChI=1S/C12H15BrN2O/c1-2-10(15)7-9-8-11(16-6-5-14)3-4-12(9)13/h3-4,8,10H,2,6-7,15H2,1H3. The maximum Gasteiger partial charge on any atom is 0.174 e. The van der Waals surface area contributed by atoms with Crippen LogP contribution >= 0.6 is 15.9 Å². The second-order valence-corrected chi connectivity index (χ2v) is 4.43. The van der Waals surface area contributed by atoms with Crippen molar-refractivity contribution in [3.05, 3.63) is 28.2 Å². The Kier molecular flexibility index (Phi) is 5.30. The first kappa shape index (κ1) is 13.0. The Hall–Kier alpha value is -1.05. The van der Waals surface area contributed by atoms with Gasteiger partial charge in [-0.1, -0.05) is 22.9 Å². The zero-order chi connectivity index (χ0) is 12.0. The molecule has 0 radical (unpaired) electrons. The fourth-order valence-corrected chi connectivity index (χ4v) is 1.75. The van der Waals surface area contributed by atoms with Crippen LogP contribution in [0.1, 0.15) is 18.9 Å². The first-order valence-corrected chi connectivity index (χ1v) is 6.00. The summed E-state index contributed by atoms with van der Waals surface area (Å²) >= 11 is 3.48. The van der Waals surface area contributed by atoms with Gasteiger partial charge in [-0.15, -0.1) is 0 Å². The van der Waals surface area contributed by atoms with E-state index in [-0.39, 0.29) is 12.6 Å². The second-order valence-electron chi connectivity index (χ2n) is 3.57. The van der Waals surface area contributed by atoms with Gasteiger partial charge in [0, 0.05) is 10.5 Å². The summed E-state index contributed by atoms with van der Waals surface area (Å²) in [5.41, 5.74) is 7.03. The normalized spacial score (nSPS) is 11.9. The van der Waals surface area contributed by atoms with E-state index in [1.165, 1.54) is 0 Å². The molecule has 2 N–H and O–H groups in total. The summed E-state index contributed by atoms with van der Waals surface area (Å²) in [5, 5.41) is 8.43. The zero-order valence-corrected chi connectivity index (χ0v) is 10.8. The maximum absolute atomic E-state index is 8.43. The highest BCUT2D eigenvalue weighted by molar-refractivity contribution is 9.10. The molecule has 86 valence electrons. The SMILES string of the molecule is CCC(N)Cc1cc(OCC#N)ccc1Br. The van der Waals surface area contributed by atoms with Gasteiger partial charge in [0.05, 0.1) is 0 Å². The summed E-state index contributed by atoms with van der Waals surface area (Å²) in [6.07, 6.45) is 1.75. The number of nitriles is 1. The van der Waals surface area contributed by atoms with Crippen LogP contribution in [-0.4, -0.2) is 12.6 Å². The largest absolute Gasteiger partial charge is 0.479 e. The van der Waals surface area contributed by atoms with Crippen LogP contribution in [0.25, 0.3) is 0 Å². The van der Waals surface area contributed by atoms with Crippen molar-refractivity contribution in [2.45, 2.75) is 25.8 Å². The first-order valence-electron chi connectivity index (χ1n) is 5.21. The topological polar surface area (TPSA) is 59.0 Å². The van der Waals surface area contributed by atoms with Crippen molar-refractivity contribution in [1.29, 1.82) is 5.26 Å². The van der Waals surface area contributed by atoms with Crippen molar-refractivity contribution in [3.63, 3.8) is 0 Å². The highest BCUT2D eigenvalue weighted by Gasteiger charge is 2.07. The molecular weight excluding hydrogens is 268 g/mol. The van der Waals surface area contributed by atoms with Gasteiger partial charge in [-0.05, 0) is 36.6 Å². The van der Waals surface area contributed by atoms with Crippen LogP contribution < -0.4 is 10.5 Å². The molecule has 4 heteroatoms. The predicted octanol–water partition coefficient (Wildman–Crippen LogP) is 2.63. The number of halogens is 1. The summed E-state index contributed by atoms with van der Waals surface area (Å²) in [7, 11) is 0. The third kappa shape index (κ3) is 3.84. The van der Waals surface area contributed by atoms with E-state index >= 15 is 0 Å². The number of benzene rings is 1. The molecule has 0 heterocycles. The van der Waals surface area contributed by atoms with Crippen LogP contribution in [0, 0.1) is 11.3 Å². The van der Waals surface area contributed by atoms with Gasteiger partial charge in [0.25, 0.3) is 0 Å². The van der Waals surface area contributed by atoms with Gasteiger partial charge >= 0.3 is 0 Å². The molecule has 1 aromatic carbocycles. The number of nitrogens with zero attached hydrogens (tertiary/aromatic N) is 1. The minimum atomic E-state index is 0.0703. The van der Waals surface area contributed by atoms with Gasteiger partial charge in [0.2, 0.25) is 0 Å². The van der Waals surface area contributed by atoms with E-state index in [1.54, 1.807) is 0 Å². The fourth-order valence-electron chi connectivity index (χ4n) is 1.34.